The molecule has 36 heavy (non-hydrogen) atoms. The van der Waals surface area contributed by atoms with Crippen molar-refractivity contribution >= 4 is 32.5 Å². The molecule has 0 radical (unpaired) electrons. The van der Waals surface area contributed by atoms with E-state index in [1.807, 2.05) is 6.92 Å². The van der Waals surface area contributed by atoms with E-state index in [9.17, 15) is 28.6 Å². The van der Waals surface area contributed by atoms with E-state index in [4.69, 9.17) is 18.9 Å². The van der Waals surface area contributed by atoms with E-state index in [-0.39, 0.29) is 45.2 Å². The number of hydrogen-bond acceptors (Lipinski definition) is 13. The summed E-state index contributed by atoms with van der Waals surface area (Å²) < 4.78 is 50.6. The summed E-state index contributed by atoms with van der Waals surface area (Å²) in [6.07, 6.45) is 0.752. The van der Waals surface area contributed by atoms with Crippen molar-refractivity contribution in [3.05, 3.63) is 0 Å². The normalized spacial score (nSPS) is 13.4. The molecule has 0 aliphatic heterocycles. The van der Waals surface area contributed by atoms with Crippen LogP contribution in [0.15, 0.2) is 0 Å². The first-order chi connectivity index (χ1) is 17.3. The summed E-state index contributed by atoms with van der Waals surface area (Å²) in [5.41, 5.74) is 0. The minimum Gasteiger partial charge on any atom is -0.464 e. The number of ether oxygens (including phenoxy) is 6. The number of carbonyl (C=O) groups excluding carboxylic acids is 4. The fraction of sp³-hybridized carbons (Fsp3) is 0.800. The van der Waals surface area contributed by atoms with Gasteiger partial charge in [-0.3, -0.25) is 28.2 Å². The second kappa shape index (κ2) is 23.4. The maximum atomic E-state index is 11.7. The highest BCUT2D eigenvalue weighted by atomic mass is 31.2. The minimum atomic E-state index is -4.59. The number of amides is 1. The first-order valence-corrected chi connectivity index (χ1v) is 12.7. The Morgan fingerprint density at radius 2 is 1.56 bits per heavy atom. The molecule has 15 nitrogen and oxygen atoms in total. The van der Waals surface area contributed by atoms with Crippen molar-refractivity contribution in [1.82, 2.24) is 5.32 Å². The monoisotopic (exact) mass is 545 g/mol. The molecule has 2 unspecified atom stereocenters. The number of carbonyl (C=O) groups is 4. The second-order valence-corrected chi connectivity index (χ2v) is 8.35. The third kappa shape index (κ3) is 22.5. The van der Waals surface area contributed by atoms with Crippen LogP contribution >= 0.6 is 7.82 Å². The molecular formula is C20H36NO14P. The van der Waals surface area contributed by atoms with E-state index in [1.54, 1.807) is 0 Å². The Labute approximate surface area is 209 Å². The molecule has 0 fully saturated rings. The zero-order chi connectivity index (χ0) is 26.9. The average Bonchev–Trinajstić information content (AvgIpc) is 2.84. The third-order valence-corrected chi connectivity index (χ3v) is 4.78. The maximum absolute atomic E-state index is 11.7. The van der Waals surface area contributed by atoms with E-state index in [0.717, 1.165) is 6.42 Å². The molecule has 16 heteroatoms. The van der Waals surface area contributed by atoms with Crippen LogP contribution in [-0.4, -0.2) is 108 Å². The quantitative estimate of drug-likeness (QED) is 0.0593. The lowest BCUT2D eigenvalue weighted by molar-refractivity contribution is -0.144. The van der Waals surface area contributed by atoms with Crippen LogP contribution in [0.2, 0.25) is 0 Å². The Hall–Kier alpha value is -1.97. The SMILES string of the molecule is CCCOCCOCCCC(=O)COCCOCC(=O)NCOP(=O)(O)OCC(COC=O)OC=O. The van der Waals surface area contributed by atoms with Crippen LogP contribution in [0.5, 0.6) is 0 Å². The average molecular weight is 545 g/mol. The fourth-order valence-electron chi connectivity index (χ4n) is 2.19. The van der Waals surface area contributed by atoms with Gasteiger partial charge in [-0.05, 0) is 12.8 Å². The lowest BCUT2D eigenvalue weighted by Gasteiger charge is -2.17. The van der Waals surface area contributed by atoms with Crippen molar-refractivity contribution in [2.75, 3.05) is 72.8 Å². The number of phosphoric acid groups is 1. The fourth-order valence-corrected chi connectivity index (χ4v) is 2.85. The topological polar surface area (TPSA) is 191 Å². The van der Waals surface area contributed by atoms with E-state index < -0.39 is 39.8 Å². The summed E-state index contributed by atoms with van der Waals surface area (Å²) in [4.78, 5) is 53.3. The number of Topliss-reactive ketones (excluding diaryl/α,β-unsaturated/α-hetero) is 1. The highest BCUT2D eigenvalue weighted by Crippen LogP contribution is 2.42. The molecular weight excluding hydrogens is 509 g/mol. The summed E-state index contributed by atoms with van der Waals surface area (Å²) in [7, 11) is -4.59. The predicted octanol–water partition coefficient (Wildman–Crippen LogP) is -0.266. The van der Waals surface area contributed by atoms with Gasteiger partial charge < -0.3 is 38.6 Å². The Morgan fingerprint density at radius 1 is 0.889 bits per heavy atom. The van der Waals surface area contributed by atoms with Crippen LogP contribution < -0.4 is 5.32 Å². The van der Waals surface area contributed by atoms with E-state index >= 15 is 0 Å². The van der Waals surface area contributed by atoms with Crippen LogP contribution in [0, 0.1) is 0 Å². The van der Waals surface area contributed by atoms with Gasteiger partial charge in [0.15, 0.2) is 11.9 Å². The van der Waals surface area contributed by atoms with Gasteiger partial charge in [-0.1, -0.05) is 6.92 Å². The second-order valence-electron chi connectivity index (χ2n) is 6.89. The van der Waals surface area contributed by atoms with Crippen molar-refractivity contribution in [3.63, 3.8) is 0 Å². The zero-order valence-electron chi connectivity index (χ0n) is 20.3. The summed E-state index contributed by atoms with van der Waals surface area (Å²) in [5.74, 6) is -0.723. The van der Waals surface area contributed by atoms with Crippen molar-refractivity contribution in [3.8, 4) is 0 Å². The lowest BCUT2D eigenvalue weighted by Crippen LogP contribution is -2.30. The molecule has 0 bridgehead atoms. The molecule has 0 spiro atoms. The van der Waals surface area contributed by atoms with E-state index in [1.165, 1.54) is 0 Å². The number of ketones is 1. The molecule has 0 aromatic heterocycles. The Balaban J connectivity index is 3.70. The van der Waals surface area contributed by atoms with Gasteiger partial charge in [-0.15, -0.1) is 0 Å². The molecule has 0 aliphatic carbocycles. The molecule has 0 saturated heterocycles. The molecule has 0 heterocycles. The lowest BCUT2D eigenvalue weighted by atomic mass is 10.2. The first-order valence-electron chi connectivity index (χ1n) is 11.2. The number of nitrogens with one attached hydrogen (secondary N) is 1. The van der Waals surface area contributed by atoms with Crippen molar-refractivity contribution in [2.24, 2.45) is 0 Å². The van der Waals surface area contributed by atoms with Gasteiger partial charge in [0.2, 0.25) is 5.91 Å². The molecule has 1 amide bonds. The third-order valence-electron chi connectivity index (χ3n) is 3.85. The summed E-state index contributed by atoms with van der Waals surface area (Å²) in [6.45, 7) is 2.41. The Kier molecular flexibility index (Phi) is 22.1. The smallest absolute Gasteiger partial charge is 0.464 e. The van der Waals surface area contributed by atoms with E-state index in [0.29, 0.717) is 39.3 Å². The number of phosphoric ester groups is 1. The zero-order valence-corrected chi connectivity index (χ0v) is 21.2. The van der Waals surface area contributed by atoms with Gasteiger partial charge in [0.1, 0.15) is 26.6 Å². The van der Waals surface area contributed by atoms with Gasteiger partial charge in [0.25, 0.3) is 12.9 Å². The minimum absolute atomic E-state index is 0.0466. The van der Waals surface area contributed by atoms with Gasteiger partial charge in [0, 0.05) is 19.6 Å². The highest BCUT2D eigenvalue weighted by molar-refractivity contribution is 7.47. The molecule has 0 saturated carbocycles. The first kappa shape index (κ1) is 34.0. The van der Waals surface area contributed by atoms with Gasteiger partial charge in [-0.2, -0.15) is 0 Å². The summed E-state index contributed by atoms with van der Waals surface area (Å²) in [6, 6.07) is 0. The van der Waals surface area contributed by atoms with Gasteiger partial charge in [0.05, 0.1) is 33.0 Å². The van der Waals surface area contributed by atoms with Crippen molar-refractivity contribution < 1.29 is 66.1 Å². The summed E-state index contributed by atoms with van der Waals surface area (Å²) in [5, 5.41) is 2.17. The van der Waals surface area contributed by atoms with Crippen molar-refractivity contribution in [2.45, 2.75) is 32.3 Å². The Morgan fingerprint density at radius 3 is 2.22 bits per heavy atom. The van der Waals surface area contributed by atoms with Crippen LogP contribution in [0.25, 0.3) is 0 Å². The number of rotatable bonds is 27. The Bertz CT molecular complexity index is 650. The van der Waals surface area contributed by atoms with Crippen LogP contribution in [0.1, 0.15) is 26.2 Å². The predicted molar refractivity (Wildman–Crippen MR) is 121 cm³/mol. The van der Waals surface area contributed by atoms with Crippen LogP contribution in [-0.2, 0) is 61.2 Å². The molecule has 2 atom stereocenters. The summed E-state index contributed by atoms with van der Waals surface area (Å²) >= 11 is 0. The highest BCUT2D eigenvalue weighted by Gasteiger charge is 2.24. The molecule has 210 valence electrons. The molecule has 0 aromatic carbocycles. The van der Waals surface area contributed by atoms with Crippen molar-refractivity contribution in [1.29, 1.82) is 0 Å². The van der Waals surface area contributed by atoms with Gasteiger partial charge >= 0.3 is 7.82 Å². The maximum Gasteiger partial charge on any atom is 0.474 e. The van der Waals surface area contributed by atoms with Gasteiger partial charge in [-0.25, -0.2) is 4.57 Å². The van der Waals surface area contributed by atoms with E-state index in [2.05, 4.69) is 23.8 Å². The number of hydrogen-bond donors (Lipinski definition) is 2. The molecule has 0 aliphatic rings. The largest absolute Gasteiger partial charge is 0.474 e. The van der Waals surface area contributed by atoms with Crippen LogP contribution in [0.3, 0.4) is 0 Å². The standard InChI is InChI=1S/C20H36NO14P/c1-2-5-28-7-8-29-6-3-4-18(24)11-30-9-10-31-14-20(25)21-15-35-36(26,27)34-13-19(33-17-23)12-32-16-22/h16-17,19H,2-15H2,1H3,(H,21,25)(H,26,27). The molecule has 2 N–H and O–H groups in total. The molecule has 0 aromatic rings. The van der Waals surface area contributed by atoms with Crippen LogP contribution in [0.4, 0.5) is 0 Å². The molecule has 0 rings (SSSR count).